The summed E-state index contributed by atoms with van der Waals surface area (Å²) in [4.78, 5) is 25.3. The number of aliphatic hydroxyl groups excluding tert-OH is 1. The number of benzene rings is 1. The van der Waals surface area contributed by atoms with E-state index < -0.39 is 56.6 Å². The van der Waals surface area contributed by atoms with Crippen LogP contribution in [0.1, 0.15) is 46.8 Å². The summed E-state index contributed by atoms with van der Waals surface area (Å²) in [5.74, 6) is 0.0676. The number of anilines is 1. The van der Waals surface area contributed by atoms with Gasteiger partial charge in [-0.25, -0.2) is 23.9 Å². The summed E-state index contributed by atoms with van der Waals surface area (Å²) in [5.41, 5.74) is -1.54. The first-order valence-corrected chi connectivity index (χ1v) is 14.9. The zero-order valence-electron chi connectivity index (χ0n) is 23.1. The van der Waals surface area contributed by atoms with Gasteiger partial charge >= 0.3 is 13.7 Å². The van der Waals surface area contributed by atoms with Gasteiger partial charge in [0.1, 0.15) is 30.3 Å². The molecule has 0 unspecified atom stereocenters. The molecule has 1 aliphatic heterocycles. The zero-order chi connectivity index (χ0) is 29.4. The number of hydrogen-bond acceptors (Lipinski definition) is 11. The maximum atomic E-state index is 16.0. The highest BCUT2D eigenvalue weighted by molar-refractivity contribution is 7.52. The van der Waals surface area contributed by atoms with E-state index in [-0.39, 0.29) is 5.75 Å². The van der Waals surface area contributed by atoms with Crippen LogP contribution in [-0.4, -0.2) is 73.3 Å². The molecule has 3 heterocycles. The number of carbonyl (C=O) groups is 1. The monoisotopic (exact) mass is 592 g/mol. The molecule has 5 rings (SSSR count). The number of para-hydroxylation sites is 1. The number of esters is 1. The van der Waals surface area contributed by atoms with Gasteiger partial charge in [0.25, 0.3) is 0 Å². The van der Waals surface area contributed by atoms with Crippen LogP contribution in [0.3, 0.4) is 0 Å². The molecule has 1 saturated carbocycles. The summed E-state index contributed by atoms with van der Waals surface area (Å²) in [6.07, 6.45) is 0.118. The highest BCUT2D eigenvalue weighted by Gasteiger charge is 2.56. The number of ether oxygens (including phenoxy) is 2. The first kappa shape index (κ1) is 29.3. The highest BCUT2D eigenvalue weighted by Crippen LogP contribution is 2.48. The normalized spacial score (nSPS) is 26.6. The highest BCUT2D eigenvalue weighted by atomic mass is 31.2. The number of halogens is 1. The maximum absolute atomic E-state index is 16.0. The molecule has 2 fully saturated rings. The molecule has 1 saturated heterocycles. The van der Waals surface area contributed by atoms with E-state index in [1.54, 1.807) is 44.2 Å². The molecular formula is C26H34FN6O7P. The Morgan fingerprint density at radius 3 is 2.66 bits per heavy atom. The van der Waals surface area contributed by atoms with Crippen molar-refractivity contribution in [1.29, 1.82) is 0 Å². The average Bonchev–Trinajstić information content (AvgIpc) is 3.58. The van der Waals surface area contributed by atoms with Crippen molar-refractivity contribution in [1.82, 2.24) is 24.6 Å². The van der Waals surface area contributed by atoms with Gasteiger partial charge in [-0.1, -0.05) is 18.2 Å². The first-order chi connectivity index (χ1) is 19.5. The molecule has 0 spiro atoms. The van der Waals surface area contributed by atoms with E-state index in [2.05, 4.69) is 25.4 Å². The van der Waals surface area contributed by atoms with Gasteiger partial charge in [-0.15, -0.1) is 0 Å². The number of hydrogen-bond donors (Lipinski definition) is 3. The van der Waals surface area contributed by atoms with Gasteiger partial charge in [0.15, 0.2) is 28.9 Å². The standard InChI is InChI=1S/C26H34FN6O7P/c1-15(2)38-24(35)16(3)32-41(36,40-18-8-6-5-7-9-18)37-12-19-21(34)26(4,27)25(39-19)33-14-30-20-22(31-17-10-11-17)28-13-29-23(20)33/h5-9,13-17,19,21,25,34H,10-12H2,1-4H3,(H,32,36)(H,28,29,31)/t16-,19-,21-,25-,26-,41-/m1/s1. The molecule has 0 radical (unpaired) electrons. The summed E-state index contributed by atoms with van der Waals surface area (Å²) in [6.45, 7) is 5.48. The molecule has 3 aromatic rings. The Hall–Kier alpha value is -3.16. The summed E-state index contributed by atoms with van der Waals surface area (Å²) in [6, 6.07) is 7.44. The number of imidazole rings is 1. The molecule has 2 aromatic heterocycles. The molecule has 41 heavy (non-hydrogen) atoms. The summed E-state index contributed by atoms with van der Waals surface area (Å²) in [5, 5.41) is 16.8. The van der Waals surface area contributed by atoms with Gasteiger partial charge in [0.2, 0.25) is 0 Å². The minimum absolute atomic E-state index is 0.203. The lowest BCUT2D eigenvalue weighted by atomic mass is 9.98. The van der Waals surface area contributed by atoms with Crippen molar-refractivity contribution in [2.24, 2.45) is 0 Å². The Labute approximate surface area is 236 Å². The Morgan fingerprint density at radius 2 is 1.98 bits per heavy atom. The minimum atomic E-state index is -4.26. The van der Waals surface area contributed by atoms with Crippen molar-refractivity contribution >= 4 is 30.7 Å². The summed E-state index contributed by atoms with van der Waals surface area (Å²) < 4.78 is 53.6. The van der Waals surface area contributed by atoms with Gasteiger partial charge in [-0.05, 0) is 52.7 Å². The van der Waals surface area contributed by atoms with E-state index in [9.17, 15) is 14.5 Å². The quantitative estimate of drug-likeness (QED) is 0.208. The van der Waals surface area contributed by atoms with Crippen LogP contribution < -0.4 is 14.9 Å². The number of nitrogens with one attached hydrogen (secondary N) is 2. The van der Waals surface area contributed by atoms with Crippen molar-refractivity contribution in [2.45, 2.75) is 82.8 Å². The van der Waals surface area contributed by atoms with Crippen LogP contribution in [-0.2, 0) is 23.4 Å². The number of aromatic nitrogens is 4. The summed E-state index contributed by atoms with van der Waals surface area (Å²) >= 11 is 0. The number of alkyl halides is 1. The molecule has 222 valence electrons. The van der Waals surface area contributed by atoms with Crippen molar-refractivity contribution in [3.63, 3.8) is 0 Å². The van der Waals surface area contributed by atoms with Crippen LogP contribution in [0.4, 0.5) is 10.2 Å². The van der Waals surface area contributed by atoms with Gasteiger partial charge in [0, 0.05) is 6.04 Å². The topological polar surface area (TPSA) is 159 Å². The van der Waals surface area contributed by atoms with Crippen LogP contribution in [0, 0.1) is 0 Å². The number of rotatable bonds is 12. The molecule has 3 N–H and O–H groups in total. The molecule has 2 aliphatic rings. The van der Waals surface area contributed by atoms with Crippen LogP contribution in [0.5, 0.6) is 5.75 Å². The van der Waals surface area contributed by atoms with Gasteiger partial charge in [0.05, 0.1) is 19.0 Å². The number of carbonyl (C=O) groups excluding carboxylic acids is 1. The molecular weight excluding hydrogens is 558 g/mol. The number of fused-ring (bicyclic) bond motifs is 1. The van der Waals surface area contributed by atoms with E-state index in [1.807, 2.05) is 0 Å². The molecule has 13 nitrogen and oxygen atoms in total. The van der Waals surface area contributed by atoms with E-state index >= 15 is 4.39 Å². The lowest BCUT2D eigenvalue weighted by Crippen LogP contribution is -2.41. The average molecular weight is 593 g/mol. The van der Waals surface area contributed by atoms with Crippen molar-refractivity contribution in [2.75, 3.05) is 11.9 Å². The smallest absolute Gasteiger partial charge is 0.459 e. The fraction of sp³-hybridized carbons (Fsp3) is 0.538. The van der Waals surface area contributed by atoms with Crippen molar-refractivity contribution in [3.05, 3.63) is 43.0 Å². The number of aliphatic hydroxyl groups is 1. The third kappa shape index (κ3) is 6.52. The predicted molar refractivity (Wildman–Crippen MR) is 146 cm³/mol. The third-order valence-electron chi connectivity index (χ3n) is 6.68. The maximum Gasteiger partial charge on any atom is 0.459 e. The van der Waals surface area contributed by atoms with Crippen LogP contribution in [0.2, 0.25) is 0 Å². The lowest BCUT2D eigenvalue weighted by Gasteiger charge is -2.25. The second-order valence-corrected chi connectivity index (χ2v) is 12.3. The second-order valence-electron chi connectivity index (χ2n) is 10.6. The van der Waals surface area contributed by atoms with Gasteiger partial charge < -0.3 is 24.4 Å². The van der Waals surface area contributed by atoms with E-state index in [4.69, 9.17) is 18.5 Å². The summed E-state index contributed by atoms with van der Waals surface area (Å²) in [7, 11) is -4.26. The fourth-order valence-electron chi connectivity index (χ4n) is 4.41. The van der Waals surface area contributed by atoms with Crippen LogP contribution >= 0.6 is 7.75 Å². The van der Waals surface area contributed by atoms with E-state index in [1.165, 1.54) is 31.1 Å². The minimum Gasteiger partial charge on any atom is -0.462 e. The Balaban J connectivity index is 1.34. The fourth-order valence-corrected chi connectivity index (χ4v) is 5.91. The number of nitrogens with zero attached hydrogens (tertiary/aromatic N) is 4. The van der Waals surface area contributed by atoms with Gasteiger partial charge in [-0.2, -0.15) is 5.09 Å². The van der Waals surface area contributed by atoms with Crippen molar-refractivity contribution in [3.8, 4) is 5.75 Å². The largest absolute Gasteiger partial charge is 0.462 e. The SMILES string of the molecule is CC(C)OC(=O)[C@@H](C)N[P@@](=O)(OC[C@H]1O[C@@H](n2cnc3c(NC4CC4)ncnc32)[C@](C)(F)[C@@H]1O)Oc1ccccc1. The molecule has 1 aromatic carbocycles. The predicted octanol–water partition coefficient (Wildman–Crippen LogP) is 3.52. The Kier molecular flexibility index (Phi) is 8.31. The molecule has 0 bridgehead atoms. The van der Waals surface area contributed by atoms with Crippen LogP contribution in [0.25, 0.3) is 11.2 Å². The molecule has 1 aliphatic carbocycles. The Bertz CT molecular complexity index is 1420. The Morgan fingerprint density at radius 1 is 1.24 bits per heavy atom. The second kappa shape index (κ2) is 11.6. The lowest BCUT2D eigenvalue weighted by molar-refractivity contribution is -0.149. The van der Waals surface area contributed by atoms with Crippen molar-refractivity contribution < 1.29 is 37.4 Å². The van der Waals surface area contributed by atoms with Crippen LogP contribution in [0.15, 0.2) is 43.0 Å². The molecule has 15 heteroatoms. The van der Waals surface area contributed by atoms with E-state index in [0.29, 0.717) is 23.0 Å². The molecule has 6 atom stereocenters. The molecule has 0 amide bonds. The third-order valence-corrected chi connectivity index (χ3v) is 8.33. The zero-order valence-corrected chi connectivity index (χ0v) is 24.0. The van der Waals surface area contributed by atoms with Gasteiger partial charge in [-0.3, -0.25) is 13.9 Å². The first-order valence-electron chi connectivity index (χ1n) is 13.4. The van der Waals surface area contributed by atoms with E-state index in [0.717, 1.165) is 12.8 Å².